The number of rotatable bonds is 5. The van der Waals surface area contributed by atoms with Gasteiger partial charge in [0.25, 0.3) is 0 Å². The Kier molecular flexibility index (Phi) is 7.97. The van der Waals surface area contributed by atoms with Gasteiger partial charge in [0, 0.05) is 27.0 Å². The van der Waals surface area contributed by atoms with E-state index in [0.29, 0.717) is 0 Å². The van der Waals surface area contributed by atoms with Crippen LogP contribution in [0.1, 0.15) is 56.4 Å². The Morgan fingerprint density at radius 3 is 2.39 bits per heavy atom. The van der Waals surface area contributed by atoms with Crippen molar-refractivity contribution in [2.24, 2.45) is 0 Å². The number of fused-ring (bicyclic) bond motifs is 5. The molecule has 6 rings (SSSR count). The average molecular weight is 590 g/mol. The number of benzene rings is 3. The molecule has 0 saturated carbocycles. The Balaban J connectivity index is 1.51. The van der Waals surface area contributed by atoms with Gasteiger partial charge in [-0.15, -0.1) is 0 Å². The fourth-order valence-corrected chi connectivity index (χ4v) is 7.25. The van der Waals surface area contributed by atoms with Crippen molar-refractivity contribution in [3.05, 3.63) is 184 Å². The monoisotopic (exact) mass is 589 g/mol. The third-order valence-electron chi connectivity index (χ3n) is 8.75. The normalized spacial score (nSPS) is 22.0. The fourth-order valence-electron chi connectivity index (χ4n) is 6.33. The summed E-state index contributed by atoms with van der Waals surface area (Å²) in [7, 11) is 0. The highest BCUT2D eigenvalue weighted by Crippen LogP contribution is 2.49. The fraction of sp³-hybridized carbons (Fsp3) is 0.143. The van der Waals surface area contributed by atoms with E-state index in [1.807, 2.05) is 0 Å². The van der Waals surface area contributed by atoms with Crippen LogP contribution in [-0.4, -0.2) is 0 Å². The Hall–Kier alpha value is -4.53. The van der Waals surface area contributed by atoms with E-state index >= 15 is 0 Å². The molecule has 2 aliphatic heterocycles. The Labute approximate surface area is 267 Å². The van der Waals surface area contributed by atoms with Gasteiger partial charge >= 0.3 is 0 Å². The molecule has 218 valence electrons. The van der Waals surface area contributed by atoms with Gasteiger partial charge in [0.05, 0.1) is 5.70 Å². The van der Waals surface area contributed by atoms with Crippen LogP contribution in [0.2, 0.25) is 0 Å². The van der Waals surface area contributed by atoms with E-state index < -0.39 is 0 Å². The van der Waals surface area contributed by atoms with Gasteiger partial charge < -0.3 is 5.32 Å². The molecule has 0 aromatic heterocycles. The molecule has 0 fully saturated rings. The molecular weight excluding hydrogens is 551 g/mol. The van der Waals surface area contributed by atoms with Crippen molar-refractivity contribution >= 4 is 22.9 Å². The van der Waals surface area contributed by atoms with Crippen molar-refractivity contribution in [1.29, 1.82) is 0 Å². The van der Waals surface area contributed by atoms with Crippen molar-refractivity contribution in [3.8, 4) is 11.1 Å². The first kappa shape index (κ1) is 29.5. The molecule has 2 heterocycles. The van der Waals surface area contributed by atoms with E-state index in [4.69, 9.17) is 0 Å². The highest BCUT2D eigenvalue weighted by Gasteiger charge is 2.35. The van der Waals surface area contributed by atoms with Crippen LogP contribution in [0, 0.1) is 0 Å². The number of hydrogen-bond donors (Lipinski definition) is 1. The van der Waals surface area contributed by atoms with E-state index in [-0.39, 0.29) is 5.41 Å². The maximum atomic E-state index is 4.58. The van der Waals surface area contributed by atoms with E-state index in [1.54, 1.807) is 11.8 Å². The van der Waals surface area contributed by atoms with Crippen LogP contribution >= 0.6 is 11.8 Å². The van der Waals surface area contributed by atoms with Crippen molar-refractivity contribution < 1.29 is 0 Å². The summed E-state index contributed by atoms with van der Waals surface area (Å²) in [5.41, 5.74) is 15.8. The lowest BCUT2D eigenvalue weighted by Crippen LogP contribution is -2.18. The lowest BCUT2D eigenvalue weighted by atomic mass is 9.82. The zero-order valence-electron chi connectivity index (χ0n) is 26.1. The van der Waals surface area contributed by atoms with E-state index in [9.17, 15) is 0 Å². The Morgan fingerprint density at radius 1 is 0.864 bits per heavy atom. The zero-order valence-corrected chi connectivity index (χ0v) is 26.9. The van der Waals surface area contributed by atoms with Gasteiger partial charge in [-0.2, -0.15) is 0 Å². The van der Waals surface area contributed by atoms with Crippen molar-refractivity contribution in [2.45, 2.75) is 44.4 Å². The predicted molar refractivity (Wildman–Crippen MR) is 192 cm³/mol. The van der Waals surface area contributed by atoms with Gasteiger partial charge in [0.15, 0.2) is 0 Å². The predicted octanol–water partition coefficient (Wildman–Crippen LogP) is 11.5. The van der Waals surface area contributed by atoms with Crippen LogP contribution in [-0.2, 0) is 5.41 Å². The molecule has 0 amide bonds. The summed E-state index contributed by atoms with van der Waals surface area (Å²) in [6.45, 7) is 22.4. The lowest BCUT2D eigenvalue weighted by molar-refractivity contribution is 0.660. The smallest absolute Gasteiger partial charge is 0.0531 e. The van der Waals surface area contributed by atoms with Crippen molar-refractivity contribution in [3.63, 3.8) is 0 Å². The Bertz CT molecular complexity index is 1910. The van der Waals surface area contributed by atoms with Crippen LogP contribution < -0.4 is 5.32 Å². The molecule has 1 aliphatic carbocycles. The summed E-state index contributed by atoms with van der Waals surface area (Å²) in [5.74, 6) is 0. The van der Waals surface area contributed by atoms with Crippen molar-refractivity contribution in [2.75, 3.05) is 0 Å². The molecule has 0 bridgehead atoms. The molecule has 3 aliphatic rings. The highest BCUT2D eigenvalue weighted by molar-refractivity contribution is 8.02. The number of hydrogen-bond acceptors (Lipinski definition) is 2. The SMILES string of the molecule is C=C(/C=C(/C)C/C=C\C)/C1=C/C(c2ccc3c(c2)-c2ccccc2C3(C)C)=C\C(=C)C2=C/C(=C)c3ccccc3S/C=C\2N1. The van der Waals surface area contributed by atoms with Gasteiger partial charge in [-0.3, -0.25) is 0 Å². The largest absolute Gasteiger partial charge is 0.354 e. The summed E-state index contributed by atoms with van der Waals surface area (Å²) in [4.78, 5) is 1.18. The minimum Gasteiger partial charge on any atom is -0.354 e. The molecule has 0 unspecified atom stereocenters. The lowest BCUT2D eigenvalue weighted by Gasteiger charge is -2.25. The Morgan fingerprint density at radius 2 is 1.59 bits per heavy atom. The van der Waals surface area contributed by atoms with Gasteiger partial charge in [-0.1, -0.05) is 124 Å². The molecule has 3 aromatic carbocycles. The van der Waals surface area contributed by atoms with Crippen LogP contribution in [0.3, 0.4) is 0 Å². The van der Waals surface area contributed by atoms with Crippen LogP contribution in [0.15, 0.2) is 167 Å². The van der Waals surface area contributed by atoms with Gasteiger partial charge in [-0.25, -0.2) is 0 Å². The first-order valence-electron chi connectivity index (χ1n) is 15.2. The minimum absolute atomic E-state index is 0.0346. The molecule has 3 aromatic rings. The highest BCUT2D eigenvalue weighted by atomic mass is 32.2. The van der Waals surface area contributed by atoms with E-state index in [2.05, 4.69) is 161 Å². The second-order valence-electron chi connectivity index (χ2n) is 12.3. The van der Waals surface area contributed by atoms with Crippen molar-refractivity contribution in [1.82, 2.24) is 5.32 Å². The second-order valence-corrected chi connectivity index (χ2v) is 13.2. The number of allylic oxidation sites excluding steroid dienone is 10. The maximum absolute atomic E-state index is 4.58. The van der Waals surface area contributed by atoms with E-state index in [0.717, 1.165) is 56.8 Å². The molecule has 0 saturated heterocycles. The van der Waals surface area contributed by atoms with Crippen LogP contribution in [0.4, 0.5) is 0 Å². The second kappa shape index (κ2) is 11.9. The summed E-state index contributed by atoms with van der Waals surface area (Å²) < 4.78 is 0. The van der Waals surface area contributed by atoms with Gasteiger partial charge in [0.1, 0.15) is 0 Å². The number of thioether (sulfide) groups is 1. The molecule has 1 N–H and O–H groups in total. The maximum Gasteiger partial charge on any atom is 0.0531 e. The summed E-state index contributed by atoms with van der Waals surface area (Å²) >= 11 is 1.70. The molecule has 0 atom stereocenters. The van der Waals surface area contributed by atoms with Gasteiger partial charge in [-0.05, 0) is 106 Å². The summed E-state index contributed by atoms with van der Waals surface area (Å²) in [6.07, 6.45) is 13.9. The average Bonchev–Trinajstić information content (AvgIpc) is 3.24. The first-order chi connectivity index (χ1) is 21.2. The summed E-state index contributed by atoms with van der Waals surface area (Å²) in [6, 6.07) is 24.1. The zero-order chi connectivity index (χ0) is 31.0. The quantitative estimate of drug-likeness (QED) is 0.235. The van der Waals surface area contributed by atoms with E-state index in [1.165, 1.54) is 32.7 Å². The van der Waals surface area contributed by atoms with Crippen LogP contribution in [0.5, 0.6) is 0 Å². The molecule has 44 heavy (non-hydrogen) atoms. The third kappa shape index (κ3) is 5.47. The first-order valence-corrected chi connectivity index (χ1v) is 16.0. The third-order valence-corrected chi connectivity index (χ3v) is 9.71. The minimum atomic E-state index is -0.0346. The summed E-state index contributed by atoms with van der Waals surface area (Å²) in [5, 5.41) is 5.97. The molecule has 0 radical (unpaired) electrons. The molecule has 2 heteroatoms. The topological polar surface area (TPSA) is 12.0 Å². The molecule has 0 spiro atoms. The molecular formula is C42H39NS. The van der Waals surface area contributed by atoms with Gasteiger partial charge in [0.2, 0.25) is 0 Å². The van der Waals surface area contributed by atoms with Crippen LogP contribution in [0.25, 0.3) is 22.3 Å². The standard InChI is InChI=1S/C42H39NS/c1-8-9-14-27(2)21-30(5)39-25-32(31-19-20-38-36(24-31)34-16-10-12-17-37(34)42(38,6)7)22-28(3)35-23-29(4)33-15-11-13-18-41(33)44-26-40(35)43-39/h8-13,15-26,43H,3-5,14H2,1-2,6-7H3/b9-8-,27-21-,32-22+,35-23-,39-25-,40-26+. The molecule has 1 nitrogen and oxygen atoms in total. The number of nitrogens with one attached hydrogen (secondary N) is 1.